The van der Waals surface area contributed by atoms with E-state index in [1.807, 2.05) is 6.07 Å². The van der Waals surface area contributed by atoms with Crippen LogP contribution in [0.3, 0.4) is 0 Å². The second kappa shape index (κ2) is 11.0. The van der Waals surface area contributed by atoms with Crippen molar-refractivity contribution in [1.82, 2.24) is 20.6 Å². The molecule has 1 aromatic rings. The van der Waals surface area contributed by atoms with E-state index in [0.717, 1.165) is 50.7 Å². The quantitative estimate of drug-likeness (QED) is 0.322. The van der Waals surface area contributed by atoms with Crippen molar-refractivity contribution in [2.24, 2.45) is 10.4 Å². The zero-order valence-electron chi connectivity index (χ0n) is 15.9. The number of aliphatic hydroxyl groups is 1. The van der Waals surface area contributed by atoms with E-state index in [4.69, 9.17) is 4.74 Å². The first-order chi connectivity index (χ1) is 12.7. The van der Waals surface area contributed by atoms with E-state index < -0.39 is 0 Å². The van der Waals surface area contributed by atoms with E-state index >= 15 is 0 Å². The molecule has 3 heterocycles. The summed E-state index contributed by atoms with van der Waals surface area (Å²) in [5.74, 6) is 1.56. The smallest absolute Gasteiger partial charge is 0.225 e. The number of nitrogens with one attached hydrogen (secondary N) is 2. The van der Waals surface area contributed by atoms with Gasteiger partial charge in [-0.1, -0.05) is 0 Å². The number of ether oxygens (including phenoxy) is 1. The van der Waals surface area contributed by atoms with E-state index in [2.05, 4.69) is 30.5 Å². The number of aromatic nitrogens is 2. The molecule has 8 nitrogen and oxygen atoms in total. The van der Waals surface area contributed by atoms with E-state index in [9.17, 15) is 5.11 Å². The number of hydrogen-bond acceptors (Lipinski definition) is 6. The second-order valence-electron chi connectivity index (χ2n) is 7.17. The molecule has 27 heavy (non-hydrogen) atoms. The Hall–Kier alpha value is -1.20. The minimum atomic E-state index is -0.119. The molecule has 1 aromatic heterocycles. The first-order valence-corrected chi connectivity index (χ1v) is 9.42. The number of rotatable bonds is 5. The van der Waals surface area contributed by atoms with Gasteiger partial charge < -0.3 is 25.4 Å². The van der Waals surface area contributed by atoms with E-state index in [-0.39, 0.29) is 36.0 Å². The van der Waals surface area contributed by atoms with Crippen LogP contribution in [0.4, 0.5) is 5.95 Å². The third kappa shape index (κ3) is 6.15. The first-order valence-electron chi connectivity index (χ1n) is 9.42. The second-order valence-corrected chi connectivity index (χ2v) is 7.17. The van der Waals surface area contributed by atoms with Crippen LogP contribution in [0, 0.1) is 5.41 Å². The summed E-state index contributed by atoms with van der Waals surface area (Å²) in [5.41, 5.74) is -0.119. The molecule has 2 fully saturated rings. The van der Waals surface area contributed by atoms with Crippen molar-refractivity contribution in [3.05, 3.63) is 18.5 Å². The number of halogens is 1. The molecule has 2 aliphatic heterocycles. The maximum absolute atomic E-state index is 9.83. The fourth-order valence-corrected chi connectivity index (χ4v) is 3.59. The van der Waals surface area contributed by atoms with Crippen molar-refractivity contribution in [2.45, 2.75) is 31.7 Å². The molecule has 2 aliphatic rings. The van der Waals surface area contributed by atoms with Gasteiger partial charge in [0.2, 0.25) is 5.95 Å². The van der Waals surface area contributed by atoms with Crippen molar-refractivity contribution < 1.29 is 9.84 Å². The summed E-state index contributed by atoms with van der Waals surface area (Å²) in [6.07, 6.45) is 7.48. The van der Waals surface area contributed by atoms with E-state index in [0.29, 0.717) is 25.8 Å². The maximum atomic E-state index is 9.83. The number of aliphatic hydroxyl groups excluding tert-OH is 1. The molecule has 0 aliphatic carbocycles. The lowest BCUT2D eigenvalue weighted by Crippen LogP contribution is -2.53. The van der Waals surface area contributed by atoms with Crippen LogP contribution >= 0.6 is 24.0 Å². The molecule has 0 aromatic carbocycles. The Morgan fingerprint density at radius 3 is 2.78 bits per heavy atom. The summed E-state index contributed by atoms with van der Waals surface area (Å²) < 4.78 is 5.43. The standard InChI is InChI=1S/C18H30N6O2.HI/c1-19-16(22-13-18(14-25)5-10-26-11-6-18)23-15-4-2-9-24(12-15)17-20-7-3-8-21-17;/h3,7-8,15,25H,2,4-6,9-14H2,1H3,(H2,19,22,23);1H. The van der Waals surface area contributed by atoms with Gasteiger partial charge in [-0.05, 0) is 31.7 Å². The third-order valence-corrected chi connectivity index (χ3v) is 5.34. The Morgan fingerprint density at radius 2 is 2.11 bits per heavy atom. The average Bonchev–Trinajstić information content (AvgIpc) is 2.72. The minimum Gasteiger partial charge on any atom is -0.396 e. The molecule has 0 radical (unpaired) electrons. The van der Waals surface area contributed by atoms with Crippen molar-refractivity contribution >= 4 is 35.9 Å². The van der Waals surface area contributed by atoms with Crippen LogP contribution in [-0.4, -0.2) is 73.6 Å². The van der Waals surface area contributed by atoms with Gasteiger partial charge in [0, 0.05) is 63.7 Å². The lowest BCUT2D eigenvalue weighted by molar-refractivity contribution is -0.0132. The van der Waals surface area contributed by atoms with Crippen molar-refractivity contribution in [3.8, 4) is 0 Å². The molecule has 2 saturated heterocycles. The monoisotopic (exact) mass is 490 g/mol. The van der Waals surface area contributed by atoms with Crippen molar-refractivity contribution in [2.75, 3.05) is 51.4 Å². The summed E-state index contributed by atoms with van der Waals surface area (Å²) in [5, 5.41) is 16.8. The van der Waals surface area contributed by atoms with Crippen LogP contribution in [0.25, 0.3) is 0 Å². The van der Waals surface area contributed by atoms with Gasteiger partial charge in [-0.15, -0.1) is 24.0 Å². The van der Waals surface area contributed by atoms with Gasteiger partial charge in [-0.2, -0.15) is 0 Å². The number of anilines is 1. The Labute approximate surface area is 178 Å². The van der Waals surface area contributed by atoms with Gasteiger partial charge in [0.15, 0.2) is 5.96 Å². The number of aliphatic imine (C=N–C) groups is 1. The van der Waals surface area contributed by atoms with Gasteiger partial charge >= 0.3 is 0 Å². The molecule has 0 spiro atoms. The average molecular weight is 490 g/mol. The molecule has 0 amide bonds. The predicted molar refractivity (Wildman–Crippen MR) is 117 cm³/mol. The van der Waals surface area contributed by atoms with Crippen molar-refractivity contribution in [3.63, 3.8) is 0 Å². The zero-order chi connectivity index (χ0) is 18.2. The zero-order valence-corrected chi connectivity index (χ0v) is 18.3. The van der Waals surface area contributed by atoms with Gasteiger partial charge in [0.1, 0.15) is 0 Å². The highest BCUT2D eigenvalue weighted by Crippen LogP contribution is 2.28. The van der Waals surface area contributed by atoms with Crippen molar-refractivity contribution in [1.29, 1.82) is 0 Å². The molecular weight excluding hydrogens is 459 g/mol. The maximum Gasteiger partial charge on any atom is 0.225 e. The Kier molecular flexibility index (Phi) is 8.97. The van der Waals surface area contributed by atoms with E-state index in [1.54, 1.807) is 19.4 Å². The van der Waals surface area contributed by atoms with Crippen LogP contribution in [-0.2, 0) is 4.74 Å². The molecule has 0 bridgehead atoms. The third-order valence-electron chi connectivity index (χ3n) is 5.34. The molecule has 3 N–H and O–H groups in total. The Balaban J connectivity index is 0.00000261. The minimum absolute atomic E-state index is 0. The Bertz CT molecular complexity index is 582. The number of guanidine groups is 1. The molecular formula is C18H31IN6O2. The topological polar surface area (TPSA) is 94.9 Å². The molecule has 0 saturated carbocycles. The highest BCUT2D eigenvalue weighted by Gasteiger charge is 2.32. The molecule has 1 unspecified atom stereocenters. The summed E-state index contributed by atoms with van der Waals surface area (Å²) in [6.45, 7) is 4.12. The lowest BCUT2D eigenvalue weighted by atomic mass is 9.81. The molecule has 152 valence electrons. The number of piperidine rings is 1. The summed E-state index contributed by atoms with van der Waals surface area (Å²) in [7, 11) is 1.78. The van der Waals surface area contributed by atoms with Crippen LogP contribution < -0.4 is 15.5 Å². The lowest BCUT2D eigenvalue weighted by Gasteiger charge is -2.37. The largest absolute Gasteiger partial charge is 0.396 e. The van der Waals surface area contributed by atoms with Crippen LogP contribution in [0.1, 0.15) is 25.7 Å². The van der Waals surface area contributed by atoms with E-state index in [1.165, 1.54) is 0 Å². The normalized spacial score (nSPS) is 22.7. The summed E-state index contributed by atoms with van der Waals surface area (Å²) in [4.78, 5) is 15.3. The SMILES string of the molecule is CN=C(NCC1(CO)CCOCC1)NC1CCCN(c2ncccn2)C1.I. The number of nitrogens with zero attached hydrogens (tertiary/aromatic N) is 4. The molecule has 9 heteroatoms. The first kappa shape index (κ1) is 22.1. The fourth-order valence-electron chi connectivity index (χ4n) is 3.59. The highest BCUT2D eigenvalue weighted by molar-refractivity contribution is 14.0. The highest BCUT2D eigenvalue weighted by atomic mass is 127. The summed E-state index contributed by atoms with van der Waals surface area (Å²) in [6, 6.07) is 2.13. The van der Waals surface area contributed by atoms with Crippen LogP contribution in [0.5, 0.6) is 0 Å². The predicted octanol–water partition coefficient (Wildman–Crippen LogP) is 1.02. The molecule has 3 rings (SSSR count). The summed E-state index contributed by atoms with van der Waals surface area (Å²) >= 11 is 0. The van der Waals surface area contributed by atoms with Crippen LogP contribution in [0.2, 0.25) is 0 Å². The van der Waals surface area contributed by atoms with Gasteiger partial charge in [0.05, 0.1) is 6.61 Å². The van der Waals surface area contributed by atoms with Gasteiger partial charge in [0.25, 0.3) is 0 Å². The van der Waals surface area contributed by atoms with Crippen LogP contribution in [0.15, 0.2) is 23.5 Å². The Morgan fingerprint density at radius 1 is 1.37 bits per heavy atom. The fraction of sp³-hybridized carbons (Fsp3) is 0.722. The molecule has 1 atom stereocenters. The van der Waals surface area contributed by atoms with Gasteiger partial charge in [-0.25, -0.2) is 9.97 Å². The number of hydrogen-bond donors (Lipinski definition) is 3. The van der Waals surface area contributed by atoms with Gasteiger partial charge in [-0.3, -0.25) is 4.99 Å².